The molecule has 0 amide bonds. The minimum atomic E-state index is -4.02. The van der Waals surface area contributed by atoms with Crippen LogP contribution in [0.1, 0.15) is 19.4 Å². The molecule has 0 saturated carbocycles. The van der Waals surface area contributed by atoms with Gasteiger partial charge in [0, 0.05) is 11.9 Å². The van der Waals surface area contributed by atoms with E-state index in [0.717, 1.165) is 25.3 Å². The molecule has 0 bridgehead atoms. The minimum absolute atomic E-state index is 0.0323. The van der Waals surface area contributed by atoms with Crippen molar-refractivity contribution in [2.24, 2.45) is 0 Å². The predicted molar refractivity (Wildman–Crippen MR) is 104 cm³/mol. The van der Waals surface area contributed by atoms with E-state index in [4.69, 9.17) is 4.74 Å². The second-order valence-electron chi connectivity index (χ2n) is 5.60. The van der Waals surface area contributed by atoms with Crippen molar-refractivity contribution in [3.8, 4) is 5.75 Å². The summed E-state index contributed by atoms with van der Waals surface area (Å²) in [5.41, 5.74) is 1.61. The molecule has 0 atom stereocenters. The van der Waals surface area contributed by atoms with Gasteiger partial charge in [-0.1, -0.05) is 19.1 Å². The summed E-state index contributed by atoms with van der Waals surface area (Å²) in [5.74, 6) is -0.239. The van der Waals surface area contributed by atoms with E-state index >= 15 is 0 Å². The van der Waals surface area contributed by atoms with Crippen LogP contribution >= 0.6 is 0 Å². The van der Waals surface area contributed by atoms with E-state index < -0.39 is 20.7 Å². The summed E-state index contributed by atoms with van der Waals surface area (Å²) >= 11 is 0. The van der Waals surface area contributed by atoms with Crippen molar-refractivity contribution in [1.29, 1.82) is 0 Å². The van der Waals surface area contributed by atoms with Gasteiger partial charge in [0.1, 0.15) is 5.75 Å². The molecule has 6 nitrogen and oxygen atoms in total. The third kappa shape index (κ3) is 5.10. The van der Waals surface area contributed by atoms with Crippen LogP contribution in [-0.4, -0.2) is 28.1 Å². The molecule has 0 spiro atoms. The number of ether oxygens (including phenoxy) is 2. The molecule has 0 fully saturated rings. The number of hydrogen-bond donors (Lipinski definition) is 1. The number of methoxy groups -OCH3 is 1. The summed E-state index contributed by atoms with van der Waals surface area (Å²) in [6.07, 6.45) is 1.93. The average molecular weight is 389 g/mol. The van der Waals surface area contributed by atoms with Crippen LogP contribution in [0.2, 0.25) is 0 Å². The first-order valence-electron chi connectivity index (χ1n) is 8.54. The van der Waals surface area contributed by atoms with E-state index in [1.165, 1.54) is 12.1 Å². The van der Waals surface area contributed by atoms with Crippen LogP contribution in [0.25, 0.3) is 0 Å². The molecule has 0 aliphatic heterocycles. The lowest BCUT2D eigenvalue weighted by Gasteiger charge is -2.10. The summed E-state index contributed by atoms with van der Waals surface area (Å²) in [6, 6.07) is 13.4. The summed E-state index contributed by atoms with van der Waals surface area (Å²) in [4.78, 5) is 11.6. The first-order valence-corrected chi connectivity index (χ1v) is 10.0. The number of carbonyl (C=O) groups is 1. The molecule has 0 aliphatic carbocycles. The Morgan fingerprint density at radius 3 is 2.19 bits per heavy atom. The number of nitrogens with one attached hydrogen (secondary N) is 1. The highest BCUT2D eigenvalue weighted by Crippen LogP contribution is 2.22. The normalized spacial score (nSPS) is 11.7. The predicted octanol–water partition coefficient (Wildman–Crippen LogP) is 3.55. The molecule has 2 aromatic carbocycles. The summed E-state index contributed by atoms with van der Waals surface area (Å²) < 4.78 is 35.7. The molecule has 7 heteroatoms. The Bertz CT molecular complexity index is 900. The summed E-state index contributed by atoms with van der Waals surface area (Å²) in [6.45, 7) is 4.41. The third-order valence-corrected chi connectivity index (χ3v) is 5.61. The fourth-order valence-electron chi connectivity index (χ4n) is 2.34. The Morgan fingerprint density at radius 1 is 1.04 bits per heavy atom. The highest BCUT2D eigenvalue weighted by atomic mass is 32.2. The number of rotatable bonds is 8. The number of esters is 1. The largest absolute Gasteiger partial charge is 0.494 e. The topological polar surface area (TPSA) is 81.7 Å². The lowest BCUT2D eigenvalue weighted by atomic mass is 10.2. The van der Waals surface area contributed by atoms with Crippen LogP contribution in [0, 0.1) is 0 Å². The van der Waals surface area contributed by atoms with Crippen molar-refractivity contribution in [2.45, 2.75) is 25.2 Å². The zero-order valence-electron chi connectivity index (χ0n) is 15.6. The summed E-state index contributed by atoms with van der Waals surface area (Å²) in [5, 5.41) is 2.83. The molecule has 0 unspecified atom stereocenters. The molecule has 2 aromatic rings. The van der Waals surface area contributed by atoms with E-state index in [9.17, 15) is 13.2 Å². The van der Waals surface area contributed by atoms with Crippen molar-refractivity contribution in [3.63, 3.8) is 0 Å². The van der Waals surface area contributed by atoms with E-state index in [1.807, 2.05) is 13.8 Å². The van der Waals surface area contributed by atoms with Gasteiger partial charge in [-0.2, -0.15) is 0 Å². The smallest absolute Gasteiger partial charge is 0.351 e. The maximum absolute atomic E-state index is 12.9. The SMILES string of the molecule is CCOc1ccc(NC=C(C(=O)OC)S(=O)(=O)c2ccc(CC)cc2)cc1. The number of sulfone groups is 1. The lowest BCUT2D eigenvalue weighted by molar-refractivity contribution is -0.135. The van der Waals surface area contributed by atoms with Crippen molar-refractivity contribution < 1.29 is 22.7 Å². The highest BCUT2D eigenvalue weighted by Gasteiger charge is 2.28. The van der Waals surface area contributed by atoms with Crippen molar-refractivity contribution in [3.05, 3.63) is 65.2 Å². The fraction of sp³-hybridized carbons (Fsp3) is 0.250. The molecule has 0 radical (unpaired) electrons. The maximum atomic E-state index is 12.9. The zero-order valence-corrected chi connectivity index (χ0v) is 16.4. The van der Waals surface area contributed by atoms with Crippen LogP contribution in [0.5, 0.6) is 5.75 Å². The van der Waals surface area contributed by atoms with Gasteiger partial charge < -0.3 is 14.8 Å². The van der Waals surface area contributed by atoms with Gasteiger partial charge in [0.05, 0.1) is 18.6 Å². The second-order valence-corrected chi connectivity index (χ2v) is 7.52. The third-order valence-electron chi connectivity index (χ3n) is 3.85. The molecular formula is C20H23NO5S. The number of anilines is 1. The van der Waals surface area contributed by atoms with Gasteiger partial charge in [-0.15, -0.1) is 0 Å². The van der Waals surface area contributed by atoms with Crippen molar-refractivity contribution >= 4 is 21.5 Å². The van der Waals surface area contributed by atoms with E-state index in [-0.39, 0.29) is 4.90 Å². The molecule has 27 heavy (non-hydrogen) atoms. The first-order chi connectivity index (χ1) is 12.9. The zero-order chi connectivity index (χ0) is 19.9. The van der Waals surface area contributed by atoms with E-state index in [0.29, 0.717) is 18.0 Å². The Morgan fingerprint density at radius 2 is 1.67 bits per heavy atom. The van der Waals surface area contributed by atoms with Gasteiger partial charge in [-0.25, -0.2) is 13.2 Å². The van der Waals surface area contributed by atoms with Gasteiger partial charge in [0.25, 0.3) is 0 Å². The minimum Gasteiger partial charge on any atom is -0.494 e. The average Bonchev–Trinajstić information content (AvgIpc) is 2.69. The Hall–Kier alpha value is -2.80. The first kappa shape index (κ1) is 20.5. The van der Waals surface area contributed by atoms with Crippen molar-refractivity contribution in [1.82, 2.24) is 0 Å². The Labute approximate surface area is 159 Å². The number of carbonyl (C=O) groups excluding carboxylic acids is 1. The Balaban J connectivity index is 2.32. The van der Waals surface area contributed by atoms with E-state index in [1.54, 1.807) is 36.4 Å². The van der Waals surface area contributed by atoms with Gasteiger partial charge in [0.15, 0.2) is 4.91 Å². The van der Waals surface area contributed by atoms with Gasteiger partial charge in [0.2, 0.25) is 9.84 Å². The standard InChI is InChI=1S/C20H23NO5S/c1-4-15-6-12-18(13-7-15)27(23,24)19(20(22)25-3)14-21-16-8-10-17(11-9-16)26-5-2/h6-14,21H,4-5H2,1-3H3. The molecule has 0 aromatic heterocycles. The quantitative estimate of drug-likeness (QED) is 0.549. The molecule has 2 rings (SSSR count). The van der Waals surface area contributed by atoms with E-state index in [2.05, 4.69) is 10.1 Å². The van der Waals surface area contributed by atoms with Crippen LogP contribution in [0.15, 0.2) is 64.5 Å². The number of hydrogen-bond acceptors (Lipinski definition) is 6. The lowest BCUT2D eigenvalue weighted by Crippen LogP contribution is -2.17. The number of aryl methyl sites for hydroxylation is 1. The second kappa shape index (κ2) is 9.23. The monoisotopic (exact) mass is 389 g/mol. The highest BCUT2D eigenvalue weighted by molar-refractivity contribution is 7.96. The molecule has 0 saturated heterocycles. The van der Waals surface area contributed by atoms with Crippen LogP contribution in [-0.2, 0) is 25.8 Å². The van der Waals surface area contributed by atoms with Crippen LogP contribution < -0.4 is 10.1 Å². The molecule has 0 aliphatic rings. The maximum Gasteiger partial charge on any atom is 0.351 e. The molecule has 144 valence electrons. The summed E-state index contributed by atoms with van der Waals surface area (Å²) in [7, 11) is -2.88. The number of benzene rings is 2. The Kier molecular flexibility index (Phi) is 7.01. The van der Waals surface area contributed by atoms with Gasteiger partial charge in [-0.05, 0) is 55.3 Å². The molecule has 1 N–H and O–H groups in total. The van der Waals surface area contributed by atoms with Crippen LogP contribution in [0.4, 0.5) is 5.69 Å². The van der Waals surface area contributed by atoms with Crippen molar-refractivity contribution in [2.75, 3.05) is 19.0 Å². The fourth-order valence-corrected chi connectivity index (χ4v) is 3.61. The molecule has 0 heterocycles. The molecular weight excluding hydrogens is 366 g/mol. The van der Waals surface area contributed by atoms with Gasteiger partial charge >= 0.3 is 5.97 Å². The van der Waals surface area contributed by atoms with Crippen LogP contribution in [0.3, 0.4) is 0 Å². The van der Waals surface area contributed by atoms with Gasteiger partial charge in [-0.3, -0.25) is 0 Å².